The standard InChI is InChI=1S/C17H14N6O2/c1-10-9-12(23-25)6-7-13(10)16(24)22-17-20-11(2)19-15(21-17)14-5-3-4-8-18-14/h3-9H,1-2H3,(H,19,20,21,22,24). The third-order valence-corrected chi connectivity index (χ3v) is 3.43. The average molecular weight is 334 g/mol. The van der Waals surface area contributed by atoms with Crippen LogP contribution < -0.4 is 5.32 Å². The van der Waals surface area contributed by atoms with Gasteiger partial charge >= 0.3 is 0 Å². The Morgan fingerprint density at radius 2 is 1.92 bits per heavy atom. The molecule has 2 heterocycles. The lowest BCUT2D eigenvalue weighted by atomic mass is 10.1. The smallest absolute Gasteiger partial charge is 0.258 e. The number of hydrogen-bond donors (Lipinski definition) is 1. The van der Waals surface area contributed by atoms with E-state index < -0.39 is 0 Å². The molecule has 0 saturated heterocycles. The van der Waals surface area contributed by atoms with Crippen LogP contribution in [0.15, 0.2) is 47.8 Å². The Morgan fingerprint density at radius 1 is 1.08 bits per heavy atom. The van der Waals surface area contributed by atoms with Crippen LogP contribution in [0, 0.1) is 18.8 Å². The summed E-state index contributed by atoms with van der Waals surface area (Å²) in [4.78, 5) is 39.8. The van der Waals surface area contributed by atoms with Crippen LogP contribution in [0.3, 0.4) is 0 Å². The van der Waals surface area contributed by atoms with Crippen molar-refractivity contribution in [2.75, 3.05) is 5.32 Å². The Balaban J connectivity index is 1.89. The van der Waals surface area contributed by atoms with Crippen molar-refractivity contribution in [2.45, 2.75) is 13.8 Å². The van der Waals surface area contributed by atoms with Gasteiger partial charge in [-0.25, -0.2) is 4.98 Å². The highest BCUT2D eigenvalue weighted by molar-refractivity contribution is 6.04. The second kappa shape index (κ2) is 6.91. The van der Waals surface area contributed by atoms with E-state index in [4.69, 9.17) is 0 Å². The van der Waals surface area contributed by atoms with E-state index in [1.54, 1.807) is 38.2 Å². The normalized spacial score (nSPS) is 10.3. The van der Waals surface area contributed by atoms with E-state index in [1.165, 1.54) is 12.1 Å². The summed E-state index contributed by atoms with van der Waals surface area (Å²) < 4.78 is 0. The van der Waals surface area contributed by atoms with Crippen molar-refractivity contribution in [3.63, 3.8) is 0 Å². The zero-order valence-electron chi connectivity index (χ0n) is 13.6. The molecule has 0 bridgehead atoms. The van der Waals surface area contributed by atoms with Gasteiger partial charge in [-0.15, -0.1) is 4.91 Å². The number of carbonyl (C=O) groups excluding carboxylic acids is 1. The number of pyridine rings is 1. The number of aromatic nitrogens is 4. The van der Waals surface area contributed by atoms with Crippen LogP contribution in [-0.4, -0.2) is 25.8 Å². The van der Waals surface area contributed by atoms with E-state index in [9.17, 15) is 9.70 Å². The molecule has 3 aromatic rings. The molecular weight excluding hydrogens is 320 g/mol. The zero-order valence-corrected chi connectivity index (χ0v) is 13.6. The molecule has 1 N–H and O–H groups in total. The average Bonchev–Trinajstić information content (AvgIpc) is 2.61. The molecule has 0 radical (unpaired) electrons. The van der Waals surface area contributed by atoms with Gasteiger partial charge < -0.3 is 0 Å². The van der Waals surface area contributed by atoms with Gasteiger partial charge in [-0.1, -0.05) is 6.07 Å². The maximum atomic E-state index is 12.5. The first-order chi connectivity index (χ1) is 12.1. The van der Waals surface area contributed by atoms with Gasteiger partial charge in [0.05, 0.1) is 0 Å². The van der Waals surface area contributed by atoms with Crippen molar-refractivity contribution in [2.24, 2.45) is 5.18 Å². The van der Waals surface area contributed by atoms with Crippen LogP contribution in [0.2, 0.25) is 0 Å². The fraction of sp³-hybridized carbons (Fsp3) is 0.118. The summed E-state index contributed by atoms with van der Waals surface area (Å²) in [5.41, 5.74) is 1.89. The Bertz CT molecular complexity index is 943. The molecule has 0 saturated carbocycles. The second-order valence-corrected chi connectivity index (χ2v) is 5.29. The molecule has 0 aliphatic rings. The van der Waals surface area contributed by atoms with Crippen LogP contribution in [-0.2, 0) is 0 Å². The van der Waals surface area contributed by atoms with E-state index in [0.717, 1.165) is 0 Å². The fourth-order valence-corrected chi connectivity index (χ4v) is 2.28. The molecule has 0 fully saturated rings. The quantitative estimate of drug-likeness (QED) is 0.734. The number of nitrogens with one attached hydrogen (secondary N) is 1. The van der Waals surface area contributed by atoms with Gasteiger partial charge in [-0.05, 0) is 54.9 Å². The summed E-state index contributed by atoms with van der Waals surface area (Å²) in [5, 5.41) is 5.50. The Labute approximate surface area is 143 Å². The lowest BCUT2D eigenvalue weighted by Gasteiger charge is -2.08. The van der Waals surface area contributed by atoms with Crippen LogP contribution in [0.25, 0.3) is 11.5 Å². The minimum absolute atomic E-state index is 0.134. The van der Waals surface area contributed by atoms with Gasteiger partial charge in [-0.2, -0.15) is 9.97 Å². The maximum absolute atomic E-state index is 12.5. The number of amides is 1. The monoisotopic (exact) mass is 334 g/mol. The van der Waals surface area contributed by atoms with Gasteiger partial charge in [0.1, 0.15) is 17.2 Å². The summed E-state index contributed by atoms with van der Waals surface area (Å²) in [7, 11) is 0. The molecule has 124 valence electrons. The third-order valence-electron chi connectivity index (χ3n) is 3.43. The molecular formula is C17H14N6O2. The van der Waals surface area contributed by atoms with E-state index in [0.29, 0.717) is 28.5 Å². The number of aryl methyl sites for hydroxylation is 2. The van der Waals surface area contributed by atoms with Crippen molar-refractivity contribution in [3.8, 4) is 11.5 Å². The molecule has 1 amide bonds. The number of anilines is 1. The SMILES string of the molecule is Cc1nc(NC(=O)c2ccc(N=O)cc2C)nc(-c2ccccn2)n1. The number of nitrogens with zero attached hydrogens (tertiary/aromatic N) is 5. The molecule has 25 heavy (non-hydrogen) atoms. The molecule has 8 heteroatoms. The molecule has 3 rings (SSSR count). The van der Waals surface area contributed by atoms with E-state index in [1.807, 2.05) is 6.07 Å². The van der Waals surface area contributed by atoms with E-state index in [-0.39, 0.29) is 17.5 Å². The molecule has 2 aromatic heterocycles. The van der Waals surface area contributed by atoms with E-state index >= 15 is 0 Å². The van der Waals surface area contributed by atoms with Crippen molar-refractivity contribution in [1.82, 2.24) is 19.9 Å². The minimum atomic E-state index is -0.382. The molecule has 0 atom stereocenters. The second-order valence-electron chi connectivity index (χ2n) is 5.29. The number of carbonyl (C=O) groups is 1. The molecule has 0 aliphatic carbocycles. The lowest BCUT2D eigenvalue weighted by Crippen LogP contribution is -2.16. The summed E-state index contributed by atoms with van der Waals surface area (Å²) in [6, 6.07) is 9.95. The fourth-order valence-electron chi connectivity index (χ4n) is 2.28. The Hall–Kier alpha value is -3.55. The Kier molecular flexibility index (Phi) is 4.51. The first-order valence-electron chi connectivity index (χ1n) is 7.46. The van der Waals surface area contributed by atoms with Gasteiger partial charge in [0.2, 0.25) is 5.95 Å². The summed E-state index contributed by atoms with van der Waals surface area (Å²) in [6.07, 6.45) is 1.64. The molecule has 1 aromatic carbocycles. The summed E-state index contributed by atoms with van der Waals surface area (Å²) in [6.45, 7) is 3.43. The highest BCUT2D eigenvalue weighted by atomic mass is 16.3. The van der Waals surface area contributed by atoms with Crippen molar-refractivity contribution in [1.29, 1.82) is 0 Å². The number of hydrogen-bond acceptors (Lipinski definition) is 7. The van der Waals surface area contributed by atoms with Crippen LogP contribution in [0.1, 0.15) is 21.7 Å². The maximum Gasteiger partial charge on any atom is 0.258 e. The van der Waals surface area contributed by atoms with Gasteiger partial charge in [0.15, 0.2) is 5.82 Å². The van der Waals surface area contributed by atoms with Crippen molar-refractivity contribution < 1.29 is 4.79 Å². The minimum Gasteiger partial charge on any atom is -0.290 e. The highest BCUT2D eigenvalue weighted by Crippen LogP contribution is 2.19. The van der Waals surface area contributed by atoms with Gasteiger partial charge in [-0.3, -0.25) is 15.1 Å². The van der Waals surface area contributed by atoms with Crippen molar-refractivity contribution >= 4 is 17.5 Å². The van der Waals surface area contributed by atoms with Crippen LogP contribution in [0.4, 0.5) is 11.6 Å². The molecule has 0 aliphatic heterocycles. The molecule has 0 spiro atoms. The predicted molar refractivity (Wildman–Crippen MR) is 92.4 cm³/mol. The van der Waals surface area contributed by atoms with Crippen molar-refractivity contribution in [3.05, 3.63) is 64.5 Å². The number of rotatable bonds is 4. The van der Waals surface area contributed by atoms with Crippen LogP contribution in [0.5, 0.6) is 0 Å². The number of benzene rings is 1. The van der Waals surface area contributed by atoms with Gasteiger partial charge in [0.25, 0.3) is 5.91 Å². The highest BCUT2D eigenvalue weighted by Gasteiger charge is 2.14. The largest absolute Gasteiger partial charge is 0.290 e. The molecule has 0 unspecified atom stereocenters. The Morgan fingerprint density at radius 3 is 2.60 bits per heavy atom. The third kappa shape index (κ3) is 3.69. The first-order valence-corrected chi connectivity index (χ1v) is 7.46. The first kappa shape index (κ1) is 16.3. The van der Waals surface area contributed by atoms with Crippen LogP contribution >= 0.6 is 0 Å². The number of nitroso groups, excluding NO2 is 1. The lowest BCUT2D eigenvalue weighted by molar-refractivity contribution is 0.102. The molecule has 8 nitrogen and oxygen atoms in total. The zero-order chi connectivity index (χ0) is 17.8. The summed E-state index contributed by atoms with van der Waals surface area (Å²) in [5.74, 6) is 0.589. The summed E-state index contributed by atoms with van der Waals surface area (Å²) >= 11 is 0. The van der Waals surface area contributed by atoms with Gasteiger partial charge in [0, 0.05) is 11.8 Å². The predicted octanol–water partition coefficient (Wildman–Crippen LogP) is 3.20. The van der Waals surface area contributed by atoms with E-state index in [2.05, 4.69) is 30.4 Å². The topological polar surface area (TPSA) is 110 Å².